The molecule has 0 heterocycles. The lowest BCUT2D eigenvalue weighted by atomic mass is 10.0. The van der Waals surface area contributed by atoms with E-state index in [9.17, 15) is 4.79 Å². The molecule has 0 amide bonds. The van der Waals surface area contributed by atoms with Crippen molar-refractivity contribution in [1.82, 2.24) is 0 Å². The van der Waals surface area contributed by atoms with Gasteiger partial charge in [0.15, 0.2) is 5.78 Å². The van der Waals surface area contributed by atoms with Crippen molar-refractivity contribution in [2.45, 2.75) is 12.8 Å². The van der Waals surface area contributed by atoms with Crippen LogP contribution in [0.3, 0.4) is 0 Å². The van der Waals surface area contributed by atoms with Gasteiger partial charge in [-0.1, -0.05) is 23.2 Å². The van der Waals surface area contributed by atoms with Crippen molar-refractivity contribution < 1.29 is 9.53 Å². The van der Waals surface area contributed by atoms with Crippen LogP contribution in [-0.4, -0.2) is 12.9 Å². The second-order valence-electron chi connectivity index (χ2n) is 3.57. The Hall–Kier alpha value is -0.990. The van der Waals surface area contributed by atoms with E-state index in [1.54, 1.807) is 25.3 Å². The van der Waals surface area contributed by atoms with Crippen LogP contribution in [0.15, 0.2) is 18.2 Å². The van der Waals surface area contributed by atoms with Crippen LogP contribution < -0.4 is 4.74 Å². The van der Waals surface area contributed by atoms with E-state index in [0.29, 0.717) is 28.6 Å². The first-order chi connectivity index (χ1) is 7.63. The van der Waals surface area contributed by atoms with Crippen molar-refractivity contribution in [3.63, 3.8) is 0 Å². The predicted molar refractivity (Wildman–Crippen MR) is 65.2 cm³/mol. The lowest BCUT2D eigenvalue weighted by Crippen LogP contribution is -1.92. The molecular formula is C12H10Cl2O2. The summed E-state index contributed by atoms with van der Waals surface area (Å²) in [7, 11) is 1.57. The topological polar surface area (TPSA) is 26.3 Å². The molecule has 2 nitrogen and oxygen atoms in total. The molecule has 0 N–H and O–H groups in total. The Balaban J connectivity index is 2.58. The molecule has 84 valence electrons. The molecule has 1 aromatic carbocycles. The van der Waals surface area contributed by atoms with E-state index in [-0.39, 0.29) is 5.78 Å². The molecule has 4 heteroatoms. The molecule has 0 atom stereocenters. The third-order valence-corrected chi connectivity index (χ3v) is 3.38. The number of hydrogen-bond donors (Lipinski definition) is 0. The van der Waals surface area contributed by atoms with Crippen LogP contribution in [0, 0.1) is 0 Å². The molecular weight excluding hydrogens is 247 g/mol. The average molecular weight is 257 g/mol. The number of allylic oxidation sites excluding steroid dienone is 2. The zero-order valence-corrected chi connectivity index (χ0v) is 10.2. The van der Waals surface area contributed by atoms with Crippen molar-refractivity contribution in [3.05, 3.63) is 33.8 Å². The Kier molecular flexibility index (Phi) is 3.22. The number of halogens is 2. The van der Waals surface area contributed by atoms with Crippen LogP contribution >= 0.6 is 23.2 Å². The highest BCUT2D eigenvalue weighted by Crippen LogP contribution is 2.40. The minimum absolute atomic E-state index is 0.119. The molecule has 0 fully saturated rings. The number of rotatable bonds is 2. The van der Waals surface area contributed by atoms with Gasteiger partial charge in [-0.15, -0.1) is 0 Å². The number of carbonyl (C=O) groups is 1. The van der Waals surface area contributed by atoms with E-state index in [1.807, 2.05) is 0 Å². The molecule has 0 spiro atoms. The van der Waals surface area contributed by atoms with Gasteiger partial charge in [0, 0.05) is 12.0 Å². The third kappa shape index (κ3) is 1.95. The fourth-order valence-electron chi connectivity index (χ4n) is 1.80. The first-order valence-corrected chi connectivity index (χ1v) is 5.65. The molecule has 1 aliphatic carbocycles. The number of hydrogen-bond acceptors (Lipinski definition) is 2. The summed E-state index contributed by atoms with van der Waals surface area (Å²) in [6, 6.07) is 3.44. The molecule has 0 aromatic heterocycles. The summed E-state index contributed by atoms with van der Waals surface area (Å²) in [5.41, 5.74) is 1.64. The van der Waals surface area contributed by atoms with Gasteiger partial charge in [0.05, 0.1) is 17.2 Å². The molecule has 0 saturated carbocycles. The molecule has 1 aromatic rings. The van der Waals surface area contributed by atoms with Crippen molar-refractivity contribution in [1.29, 1.82) is 0 Å². The van der Waals surface area contributed by atoms with Gasteiger partial charge in [-0.25, -0.2) is 0 Å². The van der Waals surface area contributed by atoms with E-state index in [2.05, 4.69) is 0 Å². The Labute approximate surface area is 104 Å². The van der Waals surface area contributed by atoms with Crippen molar-refractivity contribution in [3.8, 4) is 5.75 Å². The number of methoxy groups -OCH3 is 1. The van der Waals surface area contributed by atoms with Gasteiger partial charge >= 0.3 is 0 Å². The van der Waals surface area contributed by atoms with Gasteiger partial charge in [0.1, 0.15) is 5.75 Å². The van der Waals surface area contributed by atoms with E-state index in [4.69, 9.17) is 27.9 Å². The second kappa shape index (κ2) is 4.48. The zero-order valence-electron chi connectivity index (χ0n) is 8.72. The monoisotopic (exact) mass is 256 g/mol. The van der Waals surface area contributed by atoms with Gasteiger partial charge in [0.25, 0.3) is 0 Å². The van der Waals surface area contributed by atoms with Gasteiger partial charge in [-0.2, -0.15) is 0 Å². The van der Waals surface area contributed by atoms with Gasteiger partial charge in [-0.05, 0) is 30.2 Å². The summed E-state index contributed by atoms with van der Waals surface area (Å²) in [5.74, 6) is 0.767. The van der Waals surface area contributed by atoms with Crippen LogP contribution in [0.4, 0.5) is 0 Å². The normalized spacial score (nSPS) is 15.2. The molecule has 0 saturated heterocycles. The number of ether oxygens (including phenoxy) is 1. The predicted octanol–water partition coefficient (Wildman–Crippen LogP) is 3.75. The van der Waals surface area contributed by atoms with Crippen molar-refractivity contribution >= 4 is 34.6 Å². The Morgan fingerprint density at radius 1 is 1.25 bits per heavy atom. The quantitative estimate of drug-likeness (QED) is 0.806. The SMILES string of the molecule is COc1ccc(Cl)c(Cl)c1C1=CC(=O)CC1. The molecule has 0 aliphatic heterocycles. The first kappa shape index (κ1) is 11.5. The molecule has 1 aliphatic rings. The average Bonchev–Trinajstić information content (AvgIpc) is 2.68. The summed E-state index contributed by atoms with van der Waals surface area (Å²) in [4.78, 5) is 11.2. The highest BCUT2D eigenvalue weighted by atomic mass is 35.5. The smallest absolute Gasteiger partial charge is 0.156 e. The summed E-state index contributed by atoms with van der Waals surface area (Å²) in [5, 5.41) is 0.916. The van der Waals surface area contributed by atoms with E-state index < -0.39 is 0 Å². The fraction of sp³-hybridized carbons (Fsp3) is 0.250. The van der Waals surface area contributed by atoms with Gasteiger partial charge < -0.3 is 4.74 Å². The maximum atomic E-state index is 11.2. The standard InChI is InChI=1S/C12H10Cl2O2/c1-16-10-5-4-9(13)12(14)11(10)7-2-3-8(15)6-7/h4-6H,2-3H2,1H3. The lowest BCUT2D eigenvalue weighted by molar-refractivity contribution is -0.114. The summed E-state index contributed by atoms with van der Waals surface area (Å²) in [6.07, 6.45) is 2.83. The van der Waals surface area contributed by atoms with E-state index in [0.717, 1.165) is 11.1 Å². The van der Waals surface area contributed by atoms with Crippen LogP contribution in [-0.2, 0) is 4.79 Å². The van der Waals surface area contributed by atoms with Crippen LogP contribution in [0.2, 0.25) is 10.0 Å². The fourth-order valence-corrected chi connectivity index (χ4v) is 2.23. The summed E-state index contributed by atoms with van der Waals surface area (Å²) < 4.78 is 5.23. The largest absolute Gasteiger partial charge is 0.496 e. The number of ketones is 1. The maximum Gasteiger partial charge on any atom is 0.156 e. The first-order valence-electron chi connectivity index (χ1n) is 4.89. The van der Waals surface area contributed by atoms with Crippen molar-refractivity contribution in [2.24, 2.45) is 0 Å². The summed E-state index contributed by atoms with van der Waals surface area (Å²) >= 11 is 12.1. The molecule has 2 rings (SSSR count). The second-order valence-corrected chi connectivity index (χ2v) is 4.36. The van der Waals surface area contributed by atoms with E-state index >= 15 is 0 Å². The number of benzene rings is 1. The zero-order chi connectivity index (χ0) is 11.7. The molecule has 0 bridgehead atoms. The number of carbonyl (C=O) groups excluding carboxylic acids is 1. The highest BCUT2D eigenvalue weighted by Gasteiger charge is 2.20. The highest BCUT2D eigenvalue weighted by molar-refractivity contribution is 6.43. The van der Waals surface area contributed by atoms with Crippen LogP contribution in [0.1, 0.15) is 18.4 Å². The molecule has 16 heavy (non-hydrogen) atoms. The summed E-state index contributed by atoms with van der Waals surface area (Å²) in [6.45, 7) is 0. The Morgan fingerprint density at radius 3 is 2.56 bits per heavy atom. The van der Waals surface area contributed by atoms with Crippen LogP contribution in [0.5, 0.6) is 5.75 Å². The lowest BCUT2D eigenvalue weighted by Gasteiger charge is -2.12. The van der Waals surface area contributed by atoms with E-state index in [1.165, 1.54) is 0 Å². The Bertz CT molecular complexity index is 478. The molecule has 0 unspecified atom stereocenters. The van der Waals surface area contributed by atoms with Crippen molar-refractivity contribution in [2.75, 3.05) is 7.11 Å². The Morgan fingerprint density at radius 2 is 2.00 bits per heavy atom. The maximum absolute atomic E-state index is 11.2. The van der Waals surface area contributed by atoms with Gasteiger partial charge in [0.2, 0.25) is 0 Å². The minimum Gasteiger partial charge on any atom is -0.496 e. The minimum atomic E-state index is 0.119. The van der Waals surface area contributed by atoms with Crippen LogP contribution in [0.25, 0.3) is 5.57 Å². The third-order valence-electron chi connectivity index (χ3n) is 2.57. The molecule has 0 radical (unpaired) electrons. The van der Waals surface area contributed by atoms with Gasteiger partial charge in [-0.3, -0.25) is 4.79 Å².